The van der Waals surface area contributed by atoms with E-state index in [4.69, 9.17) is 0 Å². The van der Waals surface area contributed by atoms with E-state index in [1.165, 1.54) is 33.3 Å². The number of aliphatic hydroxyl groups is 1. The first kappa shape index (κ1) is 23.0. The lowest BCUT2D eigenvalue weighted by molar-refractivity contribution is 0.0464. The summed E-state index contributed by atoms with van der Waals surface area (Å²) >= 11 is 3.20. The van der Waals surface area contributed by atoms with Crippen LogP contribution >= 0.6 is 15.9 Å². The molecule has 0 aliphatic rings. The Kier molecular flexibility index (Phi) is 6.45. The van der Waals surface area contributed by atoms with Crippen molar-refractivity contribution in [3.63, 3.8) is 0 Å². The molecule has 0 spiro atoms. The zero-order chi connectivity index (χ0) is 21.5. The lowest BCUT2D eigenvalue weighted by Crippen LogP contribution is -2.36. The summed E-state index contributed by atoms with van der Waals surface area (Å²) < 4.78 is 42.5. The Morgan fingerprint density at radius 3 is 2.32 bits per heavy atom. The maximum atomic E-state index is 14.3. The summed E-state index contributed by atoms with van der Waals surface area (Å²) in [6.07, 6.45) is 1.84. The van der Waals surface area contributed by atoms with Crippen molar-refractivity contribution in [3.8, 4) is 0 Å². The van der Waals surface area contributed by atoms with E-state index in [0.717, 1.165) is 8.28 Å². The van der Waals surface area contributed by atoms with E-state index >= 15 is 0 Å². The summed E-state index contributed by atoms with van der Waals surface area (Å²) in [7, 11) is -1.09. The Bertz CT molecular complexity index is 963. The molecule has 28 heavy (non-hydrogen) atoms. The minimum absolute atomic E-state index is 0.0391. The van der Waals surface area contributed by atoms with Crippen molar-refractivity contribution in [2.75, 3.05) is 14.1 Å². The Labute approximate surface area is 174 Å². The monoisotopic (exact) mass is 475 g/mol. The molecule has 156 valence electrons. The predicted molar refractivity (Wildman–Crippen MR) is 111 cm³/mol. The topological polar surface area (TPSA) is 75.4 Å². The second kappa shape index (κ2) is 7.85. The van der Waals surface area contributed by atoms with Crippen molar-refractivity contribution in [1.82, 2.24) is 13.3 Å². The number of halogens is 2. The highest BCUT2D eigenvalue weighted by molar-refractivity contribution is 9.10. The molecule has 9 heteroatoms. The fourth-order valence-electron chi connectivity index (χ4n) is 2.86. The molecule has 1 aromatic heterocycles. The third-order valence-corrected chi connectivity index (χ3v) is 6.37. The largest absolute Gasteiger partial charge is 0.382 e. The zero-order valence-electron chi connectivity index (χ0n) is 17.0. The van der Waals surface area contributed by atoms with Crippen LogP contribution in [-0.2, 0) is 28.7 Å². The molecule has 6 nitrogen and oxygen atoms in total. The molecule has 1 heterocycles. The van der Waals surface area contributed by atoms with Gasteiger partial charge in [0.25, 0.3) is 0 Å². The molecule has 0 aliphatic heterocycles. The molecule has 0 aliphatic carbocycles. The van der Waals surface area contributed by atoms with Crippen molar-refractivity contribution < 1.29 is 17.9 Å². The second-order valence-electron chi connectivity index (χ2n) is 8.57. The highest BCUT2D eigenvalue weighted by Gasteiger charge is 2.35. The van der Waals surface area contributed by atoms with Crippen LogP contribution in [0.3, 0.4) is 0 Å². The van der Waals surface area contributed by atoms with Gasteiger partial charge in [0.1, 0.15) is 11.4 Å². The SMILES string of the molecule is CN(C)S(=O)(=O)n1cc(CC(C)(C)C)nc1C(C)(O)Cc1ccc(Br)cc1F. The van der Waals surface area contributed by atoms with E-state index in [9.17, 15) is 17.9 Å². The predicted octanol–water partition coefficient (Wildman–Crippen LogP) is 3.48. The molecule has 2 rings (SSSR count). The summed E-state index contributed by atoms with van der Waals surface area (Å²) in [6.45, 7) is 7.49. The standard InChI is InChI=1S/C19H27BrFN3O3S/c1-18(2,3)11-15-12-24(28(26,27)23(5)6)17(22-15)19(4,25)10-13-7-8-14(20)9-16(13)21/h7-9,12,25H,10-11H2,1-6H3. The van der Waals surface area contributed by atoms with Gasteiger partial charge in [0.05, 0.1) is 5.69 Å². The minimum Gasteiger partial charge on any atom is -0.382 e. The molecule has 0 bridgehead atoms. The molecule has 1 aromatic carbocycles. The highest BCUT2D eigenvalue weighted by Crippen LogP contribution is 2.30. The first-order chi connectivity index (χ1) is 12.6. The average Bonchev–Trinajstić information content (AvgIpc) is 2.93. The van der Waals surface area contributed by atoms with Crippen LogP contribution in [0.2, 0.25) is 0 Å². The Morgan fingerprint density at radius 1 is 1.21 bits per heavy atom. The molecule has 0 saturated heterocycles. The van der Waals surface area contributed by atoms with Crippen LogP contribution in [0.25, 0.3) is 0 Å². The Hall–Kier alpha value is -1.29. The van der Waals surface area contributed by atoms with Crippen molar-refractivity contribution in [2.45, 2.75) is 46.1 Å². The quantitative estimate of drug-likeness (QED) is 0.693. The molecule has 0 radical (unpaired) electrons. The van der Waals surface area contributed by atoms with Gasteiger partial charge >= 0.3 is 10.2 Å². The average molecular weight is 476 g/mol. The van der Waals surface area contributed by atoms with E-state index < -0.39 is 21.6 Å². The van der Waals surface area contributed by atoms with Gasteiger partial charge in [-0.15, -0.1) is 0 Å². The van der Waals surface area contributed by atoms with E-state index in [0.29, 0.717) is 16.6 Å². The fraction of sp³-hybridized carbons (Fsp3) is 0.526. The number of rotatable bonds is 6. The molecular weight excluding hydrogens is 449 g/mol. The molecule has 1 N–H and O–H groups in total. The second-order valence-corrected chi connectivity index (χ2v) is 11.5. The number of benzene rings is 1. The maximum Gasteiger partial charge on any atom is 0.308 e. The first-order valence-corrected chi connectivity index (χ1v) is 11.0. The van der Waals surface area contributed by atoms with E-state index in [-0.39, 0.29) is 23.2 Å². The van der Waals surface area contributed by atoms with Crippen molar-refractivity contribution in [1.29, 1.82) is 0 Å². The number of aromatic nitrogens is 2. The van der Waals surface area contributed by atoms with Crippen LogP contribution in [0.5, 0.6) is 0 Å². The molecule has 0 saturated carbocycles. The van der Waals surface area contributed by atoms with Crippen molar-refractivity contribution >= 4 is 26.1 Å². The van der Waals surface area contributed by atoms with Gasteiger partial charge in [0.15, 0.2) is 5.82 Å². The van der Waals surface area contributed by atoms with Crippen molar-refractivity contribution in [3.05, 3.63) is 51.8 Å². The fourth-order valence-corrected chi connectivity index (χ4v) is 4.26. The Balaban J connectivity index is 2.57. The van der Waals surface area contributed by atoms with Gasteiger partial charge in [0, 0.05) is 31.2 Å². The van der Waals surface area contributed by atoms with Crippen LogP contribution in [-0.4, -0.2) is 40.9 Å². The van der Waals surface area contributed by atoms with Crippen LogP contribution in [0.1, 0.15) is 44.8 Å². The Morgan fingerprint density at radius 2 is 1.82 bits per heavy atom. The van der Waals surface area contributed by atoms with E-state index in [2.05, 4.69) is 20.9 Å². The number of hydrogen-bond acceptors (Lipinski definition) is 4. The molecule has 2 aromatic rings. The summed E-state index contributed by atoms with van der Waals surface area (Å²) in [5.74, 6) is -0.527. The first-order valence-electron chi connectivity index (χ1n) is 8.81. The lowest BCUT2D eigenvalue weighted by atomic mass is 9.91. The highest BCUT2D eigenvalue weighted by atomic mass is 79.9. The third kappa shape index (κ3) is 5.20. The van der Waals surface area contributed by atoms with E-state index in [1.54, 1.807) is 12.1 Å². The van der Waals surface area contributed by atoms with Crippen molar-refractivity contribution in [2.24, 2.45) is 5.41 Å². The van der Waals surface area contributed by atoms with Crippen LogP contribution in [0.4, 0.5) is 4.39 Å². The van der Waals surface area contributed by atoms with Gasteiger partial charge in [-0.05, 0) is 36.5 Å². The molecule has 0 fully saturated rings. The van der Waals surface area contributed by atoms with Gasteiger partial charge in [-0.2, -0.15) is 12.7 Å². The summed E-state index contributed by atoms with van der Waals surface area (Å²) in [4.78, 5) is 4.43. The van der Waals surface area contributed by atoms with Gasteiger partial charge in [-0.25, -0.2) is 13.3 Å². The van der Waals surface area contributed by atoms with E-state index in [1.807, 2.05) is 20.8 Å². The number of hydrogen-bond donors (Lipinski definition) is 1. The lowest BCUT2D eigenvalue weighted by Gasteiger charge is -2.25. The maximum absolute atomic E-state index is 14.3. The third-order valence-electron chi connectivity index (χ3n) is 4.18. The summed E-state index contributed by atoms with van der Waals surface area (Å²) in [5.41, 5.74) is -1.01. The number of nitrogens with zero attached hydrogens (tertiary/aromatic N) is 3. The van der Waals surface area contributed by atoms with Crippen LogP contribution < -0.4 is 0 Å². The minimum atomic E-state index is -3.91. The molecule has 0 amide bonds. The molecular formula is C19H27BrFN3O3S. The van der Waals surface area contributed by atoms with Gasteiger partial charge < -0.3 is 5.11 Å². The molecule has 1 atom stereocenters. The smallest absolute Gasteiger partial charge is 0.308 e. The van der Waals surface area contributed by atoms with Gasteiger partial charge in [-0.1, -0.05) is 42.8 Å². The molecule has 1 unspecified atom stereocenters. The zero-order valence-corrected chi connectivity index (χ0v) is 19.4. The summed E-state index contributed by atoms with van der Waals surface area (Å²) in [6, 6.07) is 4.53. The van der Waals surface area contributed by atoms with Gasteiger partial charge in [0.2, 0.25) is 0 Å². The van der Waals surface area contributed by atoms with Gasteiger partial charge in [-0.3, -0.25) is 0 Å². The van der Waals surface area contributed by atoms with Crippen LogP contribution in [0, 0.1) is 11.2 Å². The van der Waals surface area contributed by atoms with Crippen LogP contribution in [0.15, 0.2) is 28.9 Å². The normalized spacial score (nSPS) is 15.1. The number of imidazole rings is 1. The summed E-state index contributed by atoms with van der Waals surface area (Å²) in [5, 5.41) is 11.1.